The van der Waals surface area contributed by atoms with Gasteiger partial charge in [-0.25, -0.2) is 0 Å². The minimum Gasteiger partial charge on any atom is -0.393 e. The van der Waals surface area contributed by atoms with Gasteiger partial charge in [0.1, 0.15) is 0 Å². The van der Waals surface area contributed by atoms with Gasteiger partial charge >= 0.3 is 0 Å². The molecule has 2 unspecified atom stereocenters. The van der Waals surface area contributed by atoms with E-state index in [0.717, 1.165) is 19.3 Å². The zero-order valence-corrected chi connectivity index (χ0v) is 11.0. The number of aliphatic hydroxyl groups is 1. The molecule has 0 amide bonds. The second kappa shape index (κ2) is 7.46. The molecule has 0 aromatic heterocycles. The summed E-state index contributed by atoms with van der Waals surface area (Å²) in [5.74, 6) is 0.678. The monoisotopic (exact) mass is 235 g/mol. The van der Waals surface area contributed by atoms with Crippen molar-refractivity contribution in [2.75, 3.05) is 6.54 Å². The number of aryl methyl sites for hydroxylation is 1. The standard InChI is InChI=1S/C15H25NO/c1-12(2)14(11-16)15(17)10-6-9-13-7-4-3-5-8-13/h3-5,7-8,12,14-15,17H,6,9-11,16H2,1-2H3. The quantitative estimate of drug-likeness (QED) is 0.763. The number of rotatable bonds is 7. The van der Waals surface area contributed by atoms with Crippen LogP contribution in [-0.4, -0.2) is 17.8 Å². The van der Waals surface area contributed by atoms with Crippen molar-refractivity contribution >= 4 is 0 Å². The molecule has 0 saturated carbocycles. The highest BCUT2D eigenvalue weighted by molar-refractivity contribution is 5.14. The van der Waals surface area contributed by atoms with E-state index in [1.807, 2.05) is 6.07 Å². The van der Waals surface area contributed by atoms with Crippen LogP contribution in [0.5, 0.6) is 0 Å². The molecule has 17 heavy (non-hydrogen) atoms. The van der Waals surface area contributed by atoms with Crippen LogP contribution in [0.1, 0.15) is 32.3 Å². The summed E-state index contributed by atoms with van der Waals surface area (Å²) in [7, 11) is 0. The Labute approximate surface area is 105 Å². The second-order valence-corrected chi connectivity index (χ2v) is 5.09. The number of hydrogen-bond acceptors (Lipinski definition) is 2. The largest absolute Gasteiger partial charge is 0.393 e. The smallest absolute Gasteiger partial charge is 0.0583 e. The molecule has 0 aliphatic carbocycles. The van der Waals surface area contributed by atoms with E-state index >= 15 is 0 Å². The lowest BCUT2D eigenvalue weighted by atomic mass is 9.87. The normalized spacial score (nSPS) is 14.9. The van der Waals surface area contributed by atoms with Gasteiger partial charge in [-0.3, -0.25) is 0 Å². The van der Waals surface area contributed by atoms with Gasteiger partial charge in [-0.15, -0.1) is 0 Å². The maximum Gasteiger partial charge on any atom is 0.0583 e. The molecule has 1 rings (SSSR count). The maximum absolute atomic E-state index is 10.1. The van der Waals surface area contributed by atoms with E-state index in [4.69, 9.17) is 5.73 Å². The van der Waals surface area contributed by atoms with Gasteiger partial charge in [0.15, 0.2) is 0 Å². The van der Waals surface area contributed by atoms with Gasteiger partial charge < -0.3 is 10.8 Å². The minimum atomic E-state index is -0.260. The fraction of sp³-hybridized carbons (Fsp3) is 0.600. The highest BCUT2D eigenvalue weighted by Gasteiger charge is 2.20. The van der Waals surface area contributed by atoms with E-state index in [9.17, 15) is 5.11 Å². The molecule has 0 bridgehead atoms. The Balaban J connectivity index is 2.31. The summed E-state index contributed by atoms with van der Waals surface area (Å²) in [6.45, 7) is 4.82. The van der Waals surface area contributed by atoms with Gasteiger partial charge in [-0.2, -0.15) is 0 Å². The Bertz CT molecular complexity index is 297. The van der Waals surface area contributed by atoms with E-state index in [1.165, 1.54) is 5.56 Å². The van der Waals surface area contributed by atoms with Crippen LogP contribution in [0.15, 0.2) is 30.3 Å². The van der Waals surface area contributed by atoms with E-state index in [2.05, 4.69) is 38.1 Å². The molecular weight excluding hydrogens is 210 g/mol. The predicted octanol–water partition coefficient (Wildman–Crippen LogP) is 2.60. The first-order chi connectivity index (χ1) is 8.15. The van der Waals surface area contributed by atoms with Crippen LogP contribution in [0.25, 0.3) is 0 Å². The molecule has 0 radical (unpaired) electrons. The van der Waals surface area contributed by atoms with Crippen LogP contribution in [0.2, 0.25) is 0 Å². The highest BCUT2D eigenvalue weighted by atomic mass is 16.3. The van der Waals surface area contributed by atoms with Crippen molar-refractivity contribution in [3.8, 4) is 0 Å². The topological polar surface area (TPSA) is 46.2 Å². The van der Waals surface area contributed by atoms with Crippen molar-refractivity contribution in [1.82, 2.24) is 0 Å². The van der Waals surface area contributed by atoms with Crippen molar-refractivity contribution in [3.63, 3.8) is 0 Å². The van der Waals surface area contributed by atoms with E-state index in [1.54, 1.807) is 0 Å². The first kappa shape index (κ1) is 14.2. The Hall–Kier alpha value is -0.860. The Kier molecular flexibility index (Phi) is 6.23. The first-order valence-corrected chi connectivity index (χ1v) is 6.57. The number of aliphatic hydroxyl groups excluding tert-OH is 1. The van der Waals surface area contributed by atoms with Gasteiger partial charge in [0.2, 0.25) is 0 Å². The van der Waals surface area contributed by atoms with Crippen LogP contribution >= 0.6 is 0 Å². The van der Waals surface area contributed by atoms with Gasteiger partial charge in [-0.05, 0) is 43.2 Å². The number of nitrogens with two attached hydrogens (primary N) is 1. The highest BCUT2D eigenvalue weighted by Crippen LogP contribution is 2.18. The molecule has 96 valence electrons. The van der Waals surface area contributed by atoms with Crippen LogP contribution in [0.3, 0.4) is 0 Å². The van der Waals surface area contributed by atoms with Crippen molar-refractivity contribution < 1.29 is 5.11 Å². The third kappa shape index (κ3) is 4.88. The van der Waals surface area contributed by atoms with Crippen molar-refractivity contribution in [2.24, 2.45) is 17.6 Å². The summed E-state index contributed by atoms with van der Waals surface area (Å²) in [5, 5.41) is 10.1. The lowest BCUT2D eigenvalue weighted by Crippen LogP contribution is -2.32. The van der Waals surface area contributed by atoms with Gasteiger partial charge in [0, 0.05) is 0 Å². The van der Waals surface area contributed by atoms with Crippen LogP contribution in [0.4, 0.5) is 0 Å². The molecule has 0 fully saturated rings. The average molecular weight is 235 g/mol. The summed E-state index contributed by atoms with van der Waals surface area (Å²) < 4.78 is 0. The summed E-state index contributed by atoms with van der Waals surface area (Å²) in [4.78, 5) is 0. The molecule has 2 atom stereocenters. The molecule has 2 heteroatoms. The lowest BCUT2D eigenvalue weighted by molar-refractivity contribution is 0.0766. The number of benzene rings is 1. The van der Waals surface area contributed by atoms with Crippen molar-refractivity contribution in [1.29, 1.82) is 0 Å². The Morgan fingerprint density at radius 2 is 1.82 bits per heavy atom. The SMILES string of the molecule is CC(C)C(CN)C(O)CCCc1ccccc1. The molecule has 2 nitrogen and oxygen atoms in total. The summed E-state index contributed by atoms with van der Waals surface area (Å²) in [6, 6.07) is 10.4. The van der Waals surface area contributed by atoms with Crippen molar-refractivity contribution in [3.05, 3.63) is 35.9 Å². The summed E-state index contributed by atoms with van der Waals surface area (Å²) in [6.07, 6.45) is 2.64. The van der Waals surface area contributed by atoms with E-state index < -0.39 is 0 Å². The zero-order chi connectivity index (χ0) is 12.7. The van der Waals surface area contributed by atoms with Gasteiger partial charge in [0.05, 0.1) is 6.10 Å². The fourth-order valence-corrected chi connectivity index (χ4v) is 2.25. The van der Waals surface area contributed by atoms with E-state index in [-0.39, 0.29) is 12.0 Å². The van der Waals surface area contributed by atoms with Crippen LogP contribution < -0.4 is 5.73 Å². The van der Waals surface area contributed by atoms with Crippen molar-refractivity contribution in [2.45, 2.75) is 39.2 Å². The van der Waals surface area contributed by atoms with Crippen LogP contribution in [-0.2, 0) is 6.42 Å². The molecule has 0 heterocycles. The Morgan fingerprint density at radius 1 is 1.18 bits per heavy atom. The third-order valence-electron chi connectivity index (χ3n) is 3.43. The minimum absolute atomic E-state index is 0.228. The zero-order valence-electron chi connectivity index (χ0n) is 11.0. The fourth-order valence-electron chi connectivity index (χ4n) is 2.25. The van der Waals surface area contributed by atoms with Gasteiger partial charge in [0.25, 0.3) is 0 Å². The molecular formula is C15H25NO. The van der Waals surface area contributed by atoms with Crippen LogP contribution in [0, 0.1) is 11.8 Å². The molecule has 0 saturated heterocycles. The third-order valence-corrected chi connectivity index (χ3v) is 3.43. The summed E-state index contributed by atoms with van der Waals surface area (Å²) in [5.41, 5.74) is 7.04. The number of hydrogen-bond donors (Lipinski definition) is 2. The van der Waals surface area contributed by atoms with Gasteiger partial charge in [-0.1, -0.05) is 44.2 Å². The lowest BCUT2D eigenvalue weighted by Gasteiger charge is -2.24. The Morgan fingerprint density at radius 3 is 2.35 bits per heavy atom. The summed E-state index contributed by atoms with van der Waals surface area (Å²) >= 11 is 0. The molecule has 0 aliphatic rings. The van der Waals surface area contributed by atoms with E-state index in [0.29, 0.717) is 12.5 Å². The molecule has 1 aromatic rings. The first-order valence-electron chi connectivity index (χ1n) is 6.57. The molecule has 0 spiro atoms. The molecule has 1 aromatic carbocycles. The molecule has 3 N–H and O–H groups in total. The maximum atomic E-state index is 10.1. The molecule has 0 aliphatic heterocycles. The second-order valence-electron chi connectivity index (χ2n) is 5.09. The average Bonchev–Trinajstić information content (AvgIpc) is 2.30. The predicted molar refractivity (Wildman–Crippen MR) is 72.8 cm³/mol.